The zero-order valence-electron chi connectivity index (χ0n) is 9.79. The lowest BCUT2D eigenvalue weighted by atomic mass is 10.1. The predicted molar refractivity (Wildman–Crippen MR) is 69.2 cm³/mol. The van der Waals surface area contributed by atoms with E-state index >= 15 is 0 Å². The normalized spacial score (nSPS) is 16.0. The standard InChI is InChI=1S/C14H16FNS/c15-14-7-12(8-16)5-6-13(14)10-17-9-11-3-1-2-4-11/h5-7,11H,1-4,9-10H2. The zero-order valence-corrected chi connectivity index (χ0v) is 10.6. The molecule has 0 amide bonds. The summed E-state index contributed by atoms with van der Waals surface area (Å²) in [4.78, 5) is 0. The summed E-state index contributed by atoms with van der Waals surface area (Å²) >= 11 is 1.81. The van der Waals surface area contributed by atoms with Crippen LogP contribution in [0.4, 0.5) is 4.39 Å². The van der Waals surface area contributed by atoms with Crippen LogP contribution in [0.5, 0.6) is 0 Å². The van der Waals surface area contributed by atoms with E-state index in [1.807, 2.05) is 17.8 Å². The number of rotatable bonds is 4. The minimum absolute atomic E-state index is 0.247. The van der Waals surface area contributed by atoms with Crippen LogP contribution in [0.25, 0.3) is 0 Å². The van der Waals surface area contributed by atoms with Gasteiger partial charge in [-0.25, -0.2) is 4.39 Å². The van der Waals surface area contributed by atoms with Crippen molar-refractivity contribution in [1.82, 2.24) is 0 Å². The second kappa shape index (κ2) is 6.07. The molecular weight excluding hydrogens is 233 g/mol. The summed E-state index contributed by atoms with van der Waals surface area (Å²) < 4.78 is 13.6. The molecule has 0 aliphatic heterocycles. The fourth-order valence-corrected chi connectivity index (χ4v) is 3.49. The first-order chi connectivity index (χ1) is 8.29. The quantitative estimate of drug-likeness (QED) is 0.801. The fourth-order valence-electron chi connectivity index (χ4n) is 2.25. The zero-order chi connectivity index (χ0) is 12.1. The molecule has 1 nitrogen and oxygen atoms in total. The van der Waals surface area contributed by atoms with Crippen molar-refractivity contribution in [3.63, 3.8) is 0 Å². The number of benzene rings is 1. The second-order valence-corrected chi connectivity index (χ2v) is 5.61. The van der Waals surface area contributed by atoms with Gasteiger partial charge >= 0.3 is 0 Å². The molecule has 0 saturated heterocycles. The van der Waals surface area contributed by atoms with Gasteiger partial charge in [-0.3, -0.25) is 0 Å². The minimum Gasteiger partial charge on any atom is -0.207 e. The molecule has 0 aromatic heterocycles. The van der Waals surface area contributed by atoms with Crippen LogP contribution in [0.1, 0.15) is 36.8 Å². The molecule has 90 valence electrons. The van der Waals surface area contributed by atoms with E-state index in [1.165, 1.54) is 31.7 Å². The Hall–Kier alpha value is -1.01. The highest BCUT2D eigenvalue weighted by Gasteiger charge is 2.14. The van der Waals surface area contributed by atoms with E-state index in [1.54, 1.807) is 12.1 Å². The molecule has 1 aliphatic rings. The molecule has 1 aliphatic carbocycles. The molecule has 0 N–H and O–H groups in total. The van der Waals surface area contributed by atoms with E-state index in [-0.39, 0.29) is 5.82 Å². The largest absolute Gasteiger partial charge is 0.207 e. The van der Waals surface area contributed by atoms with Gasteiger partial charge in [0, 0.05) is 5.75 Å². The highest BCUT2D eigenvalue weighted by molar-refractivity contribution is 7.98. The summed E-state index contributed by atoms with van der Waals surface area (Å²) in [6, 6.07) is 6.69. The van der Waals surface area contributed by atoms with E-state index in [0.717, 1.165) is 11.7 Å². The molecule has 0 spiro atoms. The van der Waals surface area contributed by atoms with Gasteiger partial charge in [0.05, 0.1) is 11.6 Å². The Balaban J connectivity index is 1.84. The van der Waals surface area contributed by atoms with Crippen molar-refractivity contribution in [2.45, 2.75) is 31.4 Å². The summed E-state index contributed by atoms with van der Waals surface area (Å²) in [6.45, 7) is 0. The summed E-state index contributed by atoms with van der Waals surface area (Å²) in [5.74, 6) is 2.44. The molecule has 0 unspecified atom stereocenters. The van der Waals surface area contributed by atoms with Crippen molar-refractivity contribution in [3.8, 4) is 6.07 Å². The summed E-state index contributed by atoms with van der Waals surface area (Å²) in [6.07, 6.45) is 5.39. The topological polar surface area (TPSA) is 23.8 Å². The lowest BCUT2D eigenvalue weighted by Crippen LogP contribution is -1.98. The number of thioether (sulfide) groups is 1. The van der Waals surface area contributed by atoms with Gasteiger partial charge in [-0.2, -0.15) is 17.0 Å². The molecule has 1 saturated carbocycles. The number of hydrogen-bond acceptors (Lipinski definition) is 2. The first kappa shape index (κ1) is 12.4. The molecule has 2 rings (SSSR count). The monoisotopic (exact) mass is 249 g/mol. The number of nitriles is 1. The van der Waals surface area contributed by atoms with Crippen molar-refractivity contribution in [1.29, 1.82) is 5.26 Å². The molecule has 1 aromatic carbocycles. The van der Waals surface area contributed by atoms with Crippen LogP contribution in [0.15, 0.2) is 18.2 Å². The molecule has 0 radical (unpaired) electrons. The van der Waals surface area contributed by atoms with Gasteiger partial charge < -0.3 is 0 Å². The van der Waals surface area contributed by atoms with Crippen LogP contribution < -0.4 is 0 Å². The van der Waals surface area contributed by atoms with Gasteiger partial charge in [0.25, 0.3) is 0 Å². The third-order valence-electron chi connectivity index (χ3n) is 3.27. The van der Waals surface area contributed by atoms with Crippen molar-refractivity contribution in [3.05, 3.63) is 35.1 Å². The van der Waals surface area contributed by atoms with Crippen LogP contribution in [0, 0.1) is 23.1 Å². The maximum atomic E-state index is 13.6. The SMILES string of the molecule is N#Cc1ccc(CSCC2CCCC2)c(F)c1. The number of nitrogens with zero attached hydrogens (tertiary/aromatic N) is 1. The Morgan fingerprint density at radius 1 is 1.35 bits per heavy atom. The maximum absolute atomic E-state index is 13.6. The molecular formula is C14H16FNS. The van der Waals surface area contributed by atoms with Crippen molar-refractivity contribution >= 4 is 11.8 Å². The third kappa shape index (κ3) is 3.47. The van der Waals surface area contributed by atoms with Gasteiger partial charge in [-0.1, -0.05) is 18.9 Å². The molecule has 1 aromatic rings. The molecule has 1 fully saturated rings. The van der Waals surface area contributed by atoms with Crippen LogP contribution in [-0.4, -0.2) is 5.75 Å². The summed E-state index contributed by atoms with van der Waals surface area (Å²) in [5, 5.41) is 8.65. The maximum Gasteiger partial charge on any atom is 0.128 e. The van der Waals surface area contributed by atoms with Crippen molar-refractivity contribution in [2.24, 2.45) is 5.92 Å². The lowest BCUT2D eigenvalue weighted by Gasteiger charge is -2.08. The number of hydrogen-bond donors (Lipinski definition) is 0. The van der Waals surface area contributed by atoms with E-state index in [4.69, 9.17) is 5.26 Å². The van der Waals surface area contributed by atoms with Crippen molar-refractivity contribution < 1.29 is 4.39 Å². The first-order valence-corrected chi connectivity index (χ1v) is 7.21. The van der Waals surface area contributed by atoms with Gasteiger partial charge in [0.1, 0.15) is 5.82 Å². The van der Waals surface area contributed by atoms with E-state index in [9.17, 15) is 4.39 Å². The Morgan fingerprint density at radius 2 is 2.12 bits per heavy atom. The number of halogens is 1. The van der Waals surface area contributed by atoms with Crippen LogP contribution >= 0.6 is 11.8 Å². The molecule has 17 heavy (non-hydrogen) atoms. The smallest absolute Gasteiger partial charge is 0.128 e. The Morgan fingerprint density at radius 3 is 2.76 bits per heavy atom. The predicted octanol–water partition coefficient (Wildman–Crippen LogP) is 4.12. The van der Waals surface area contributed by atoms with Gasteiger partial charge in [-0.05, 0) is 42.2 Å². The first-order valence-electron chi connectivity index (χ1n) is 6.06. The highest BCUT2D eigenvalue weighted by atomic mass is 32.2. The van der Waals surface area contributed by atoms with Gasteiger partial charge in [0.2, 0.25) is 0 Å². The summed E-state index contributed by atoms with van der Waals surface area (Å²) in [5.41, 5.74) is 1.11. The summed E-state index contributed by atoms with van der Waals surface area (Å²) in [7, 11) is 0. The Labute approximate surface area is 106 Å². The Kier molecular flexibility index (Phi) is 4.44. The van der Waals surface area contributed by atoms with Crippen LogP contribution in [0.2, 0.25) is 0 Å². The van der Waals surface area contributed by atoms with Crippen molar-refractivity contribution in [2.75, 3.05) is 5.75 Å². The van der Waals surface area contributed by atoms with Crippen LogP contribution in [-0.2, 0) is 5.75 Å². The average Bonchev–Trinajstić information content (AvgIpc) is 2.84. The minimum atomic E-state index is -0.247. The van der Waals surface area contributed by atoms with E-state index in [2.05, 4.69) is 0 Å². The van der Waals surface area contributed by atoms with Crippen LogP contribution in [0.3, 0.4) is 0 Å². The average molecular weight is 249 g/mol. The molecule has 0 heterocycles. The van der Waals surface area contributed by atoms with E-state index in [0.29, 0.717) is 16.9 Å². The molecule has 3 heteroatoms. The lowest BCUT2D eigenvalue weighted by molar-refractivity contribution is 0.614. The molecule has 0 bridgehead atoms. The molecule has 0 atom stereocenters. The van der Waals surface area contributed by atoms with Gasteiger partial charge in [0.15, 0.2) is 0 Å². The fraction of sp³-hybridized carbons (Fsp3) is 0.500. The Bertz CT molecular complexity index is 419. The third-order valence-corrected chi connectivity index (χ3v) is 4.49. The highest BCUT2D eigenvalue weighted by Crippen LogP contribution is 2.29. The second-order valence-electron chi connectivity index (χ2n) is 4.58. The van der Waals surface area contributed by atoms with Gasteiger partial charge in [-0.15, -0.1) is 0 Å². The van der Waals surface area contributed by atoms with E-state index < -0.39 is 0 Å².